The molecule has 1 aromatic rings. The Kier molecular flexibility index (Phi) is 3.09. The zero-order valence-electron chi connectivity index (χ0n) is 10.9. The van der Waals surface area contributed by atoms with Crippen LogP contribution < -0.4 is 0 Å². The first-order chi connectivity index (χ1) is 7.47. The van der Waals surface area contributed by atoms with Gasteiger partial charge in [-0.1, -0.05) is 20.8 Å². The highest BCUT2D eigenvalue weighted by molar-refractivity contribution is 4.99. The molecule has 0 spiro atoms. The molecule has 1 saturated carbocycles. The summed E-state index contributed by atoms with van der Waals surface area (Å²) in [6.45, 7) is 9.03. The summed E-state index contributed by atoms with van der Waals surface area (Å²) in [6, 6.07) is 0. The Balaban J connectivity index is 1.95. The quantitative estimate of drug-likeness (QED) is 0.706. The van der Waals surface area contributed by atoms with Crippen LogP contribution in [0.1, 0.15) is 64.0 Å². The van der Waals surface area contributed by atoms with Crippen LogP contribution >= 0.6 is 0 Å². The molecule has 0 N–H and O–H groups in total. The van der Waals surface area contributed by atoms with Gasteiger partial charge in [0.25, 0.3) is 0 Å². The maximum atomic E-state index is 5.63. The second-order valence-electron chi connectivity index (χ2n) is 6.22. The summed E-state index contributed by atoms with van der Waals surface area (Å²) in [6.07, 6.45) is 6.94. The number of hydrogen-bond acceptors (Lipinski definition) is 2. The summed E-state index contributed by atoms with van der Waals surface area (Å²) in [4.78, 5) is 4.36. The fourth-order valence-corrected chi connectivity index (χ4v) is 2.77. The maximum absolute atomic E-state index is 5.63. The third-order valence-corrected chi connectivity index (χ3v) is 3.94. The zero-order chi connectivity index (χ0) is 11.8. The van der Waals surface area contributed by atoms with Crippen molar-refractivity contribution >= 4 is 0 Å². The smallest absolute Gasteiger partial charge is 0.197 e. The predicted octanol–water partition coefficient (Wildman–Crippen LogP) is 4.30. The summed E-state index contributed by atoms with van der Waals surface area (Å²) in [7, 11) is 0. The van der Waals surface area contributed by atoms with Crippen molar-refractivity contribution in [3.05, 3.63) is 17.8 Å². The minimum Gasteiger partial charge on any atom is -0.446 e. The van der Waals surface area contributed by atoms with Crippen molar-refractivity contribution in [1.82, 2.24) is 4.98 Å². The van der Waals surface area contributed by atoms with Crippen LogP contribution in [0.25, 0.3) is 0 Å². The van der Waals surface area contributed by atoms with Crippen LogP contribution in [0.4, 0.5) is 0 Å². The number of hydrogen-bond donors (Lipinski definition) is 0. The average molecular weight is 221 g/mol. The van der Waals surface area contributed by atoms with Gasteiger partial charge in [0.1, 0.15) is 5.76 Å². The Hall–Kier alpha value is -0.790. The summed E-state index contributed by atoms with van der Waals surface area (Å²) in [5.41, 5.74) is 0.456. The van der Waals surface area contributed by atoms with Gasteiger partial charge < -0.3 is 4.42 Å². The van der Waals surface area contributed by atoms with Gasteiger partial charge >= 0.3 is 0 Å². The molecule has 1 aliphatic carbocycles. The maximum Gasteiger partial charge on any atom is 0.197 e. The molecule has 0 bridgehead atoms. The SMILES string of the molecule is Cc1cnc(C2CCC(C(C)(C)C)CC2)o1. The number of aromatic nitrogens is 1. The normalized spacial score (nSPS) is 27.0. The molecule has 2 nitrogen and oxygen atoms in total. The minimum absolute atomic E-state index is 0.456. The molecule has 0 atom stereocenters. The van der Waals surface area contributed by atoms with Gasteiger partial charge in [0, 0.05) is 5.92 Å². The van der Waals surface area contributed by atoms with Crippen LogP contribution in [-0.4, -0.2) is 4.98 Å². The highest BCUT2D eigenvalue weighted by Gasteiger charge is 2.31. The first-order valence-corrected chi connectivity index (χ1v) is 6.39. The molecule has 2 heteroatoms. The molecule has 16 heavy (non-hydrogen) atoms. The second kappa shape index (κ2) is 4.23. The Morgan fingerprint density at radius 3 is 2.25 bits per heavy atom. The first kappa shape index (κ1) is 11.7. The van der Waals surface area contributed by atoms with E-state index in [-0.39, 0.29) is 0 Å². The van der Waals surface area contributed by atoms with Crippen LogP contribution in [0.3, 0.4) is 0 Å². The molecule has 0 amide bonds. The summed E-state index contributed by atoms with van der Waals surface area (Å²) in [5.74, 6) is 3.32. The van der Waals surface area contributed by atoms with Crippen LogP contribution in [0.15, 0.2) is 10.6 Å². The van der Waals surface area contributed by atoms with Crippen molar-refractivity contribution in [2.45, 2.75) is 59.3 Å². The van der Waals surface area contributed by atoms with E-state index in [0.29, 0.717) is 11.3 Å². The van der Waals surface area contributed by atoms with Crippen molar-refractivity contribution < 1.29 is 4.42 Å². The molecule has 0 unspecified atom stereocenters. The molecule has 0 saturated heterocycles. The first-order valence-electron chi connectivity index (χ1n) is 6.39. The fraction of sp³-hybridized carbons (Fsp3) is 0.786. The third kappa shape index (κ3) is 2.47. The van der Waals surface area contributed by atoms with Gasteiger partial charge in [0.05, 0.1) is 6.20 Å². The van der Waals surface area contributed by atoms with Gasteiger partial charge in [-0.05, 0) is 43.9 Å². The molecule has 0 aromatic carbocycles. The summed E-state index contributed by atoms with van der Waals surface area (Å²) in [5, 5.41) is 0. The lowest BCUT2D eigenvalue weighted by molar-refractivity contribution is 0.161. The van der Waals surface area contributed by atoms with Crippen LogP contribution in [0.5, 0.6) is 0 Å². The number of oxazole rings is 1. The van der Waals surface area contributed by atoms with Crippen molar-refractivity contribution in [2.24, 2.45) is 11.3 Å². The molecule has 1 aromatic heterocycles. The van der Waals surface area contributed by atoms with E-state index in [1.54, 1.807) is 0 Å². The monoisotopic (exact) mass is 221 g/mol. The van der Waals surface area contributed by atoms with E-state index in [9.17, 15) is 0 Å². The molecule has 1 fully saturated rings. The van der Waals surface area contributed by atoms with Gasteiger partial charge in [-0.3, -0.25) is 0 Å². The highest BCUT2D eigenvalue weighted by Crippen LogP contribution is 2.42. The standard InChI is InChI=1S/C14H23NO/c1-10-9-15-13(16-10)11-5-7-12(8-6-11)14(2,3)4/h9,11-12H,5-8H2,1-4H3. The van der Waals surface area contributed by atoms with E-state index < -0.39 is 0 Å². The summed E-state index contributed by atoms with van der Waals surface area (Å²) < 4.78 is 5.63. The molecule has 2 rings (SSSR count). The molecule has 0 radical (unpaired) electrons. The van der Waals surface area contributed by atoms with Crippen LogP contribution in [0, 0.1) is 18.3 Å². The van der Waals surface area contributed by atoms with Gasteiger partial charge in [0.15, 0.2) is 5.89 Å². The Morgan fingerprint density at radius 2 is 1.81 bits per heavy atom. The van der Waals surface area contributed by atoms with E-state index in [1.165, 1.54) is 25.7 Å². The largest absolute Gasteiger partial charge is 0.446 e. The molecule has 1 aliphatic rings. The topological polar surface area (TPSA) is 26.0 Å². The van der Waals surface area contributed by atoms with Crippen LogP contribution in [0.2, 0.25) is 0 Å². The zero-order valence-corrected chi connectivity index (χ0v) is 10.9. The van der Waals surface area contributed by atoms with Crippen molar-refractivity contribution in [3.8, 4) is 0 Å². The Labute approximate surface area is 98.5 Å². The van der Waals surface area contributed by atoms with Gasteiger partial charge in [-0.25, -0.2) is 4.98 Å². The van der Waals surface area contributed by atoms with E-state index >= 15 is 0 Å². The summed E-state index contributed by atoms with van der Waals surface area (Å²) >= 11 is 0. The van der Waals surface area contributed by atoms with Gasteiger partial charge in [-0.15, -0.1) is 0 Å². The van der Waals surface area contributed by atoms with E-state index in [2.05, 4.69) is 25.8 Å². The van der Waals surface area contributed by atoms with Crippen LogP contribution in [-0.2, 0) is 0 Å². The highest BCUT2D eigenvalue weighted by atomic mass is 16.4. The second-order valence-corrected chi connectivity index (χ2v) is 6.22. The number of rotatable bonds is 1. The lowest BCUT2D eigenvalue weighted by atomic mass is 9.70. The molecule has 0 aliphatic heterocycles. The van der Waals surface area contributed by atoms with E-state index in [1.807, 2.05) is 13.1 Å². The minimum atomic E-state index is 0.456. The van der Waals surface area contributed by atoms with E-state index in [0.717, 1.165) is 17.6 Å². The predicted molar refractivity (Wildman–Crippen MR) is 65.4 cm³/mol. The third-order valence-electron chi connectivity index (χ3n) is 3.94. The molecular weight excluding hydrogens is 198 g/mol. The Morgan fingerprint density at radius 1 is 1.19 bits per heavy atom. The van der Waals surface area contributed by atoms with Crippen molar-refractivity contribution in [3.63, 3.8) is 0 Å². The lowest BCUT2D eigenvalue weighted by Gasteiger charge is -2.36. The number of nitrogens with zero attached hydrogens (tertiary/aromatic N) is 1. The lowest BCUT2D eigenvalue weighted by Crippen LogP contribution is -2.25. The molecular formula is C14H23NO. The molecule has 90 valence electrons. The fourth-order valence-electron chi connectivity index (χ4n) is 2.77. The average Bonchev–Trinajstić information content (AvgIpc) is 2.64. The van der Waals surface area contributed by atoms with Crippen molar-refractivity contribution in [1.29, 1.82) is 0 Å². The van der Waals surface area contributed by atoms with Gasteiger partial charge in [0.2, 0.25) is 0 Å². The van der Waals surface area contributed by atoms with Crippen molar-refractivity contribution in [2.75, 3.05) is 0 Å². The van der Waals surface area contributed by atoms with Gasteiger partial charge in [-0.2, -0.15) is 0 Å². The molecule has 1 heterocycles. The Bertz CT molecular complexity index is 340. The number of aryl methyl sites for hydroxylation is 1. The van der Waals surface area contributed by atoms with E-state index in [4.69, 9.17) is 4.42 Å².